The molecule has 2 aromatic rings. The quantitative estimate of drug-likeness (QED) is 0.731. The van der Waals surface area contributed by atoms with Crippen molar-refractivity contribution >= 4 is 11.8 Å². The van der Waals surface area contributed by atoms with Crippen LogP contribution in [0.1, 0.15) is 36.6 Å². The van der Waals surface area contributed by atoms with E-state index in [9.17, 15) is 0 Å². The Morgan fingerprint density at radius 3 is 2.82 bits per heavy atom. The number of nitrogens with zero attached hydrogens (tertiary/aromatic N) is 1. The third-order valence-electron chi connectivity index (χ3n) is 3.94. The molecule has 0 bridgehead atoms. The van der Waals surface area contributed by atoms with Gasteiger partial charge in [0.05, 0.1) is 18.5 Å². The summed E-state index contributed by atoms with van der Waals surface area (Å²) in [5.41, 5.74) is 5.68. The summed E-state index contributed by atoms with van der Waals surface area (Å²) in [4.78, 5) is 4.85. The molecule has 0 fully saturated rings. The Labute approximate surface area is 132 Å². The topological polar surface area (TPSA) is 22.1 Å². The smallest absolute Gasteiger partial charge is 0.122 e. The molecule has 0 N–H and O–H groups in total. The largest absolute Gasteiger partial charge is 0.496 e. The monoisotopic (exact) mass is 291 g/mol. The molecule has 0 amide bonds. The molecule has 1 aliphatic rings. The highest BCUT2D eigenvalue weighted by atomic mass is 16.5. The molecule has 0 radical (unpaired) electrons. The fraction of sp³-hybridized carbons (Fsp3) is 0.250. The molecule has 112 valence electrons. The van der Waals surface area contributed by atoms with Gasteiger partial charge < -0.3 is 4.74 Å². The first kappa shape index (κ1) is 14.6. The summed E-state index contributed by atoms with van der Waals surface area (Å²) in [6, 6.07) is 12.5. The zero-order valence-electron chi connectivity index (χ0n) is 13.2. The second kappa shape index (κ2) is 6.61. The van der Waals surface area contributed by atoms with Crippen molar-refractivity contribution in [2.45, 2.75) is 26.2 Å². The average molecular weight is 291 g/mol. The van der Waals surface area contributed by atoms with E-state index in [1.54, 1.807) is 7.11 Å². The molecule has 2 heteroatoms. The fourth-order valence-corrected chi connectivity index (χ4v) is 2.88. The molecule has 0 spiro atoms. The lowest BCUT2D eigenvalue weighted by Crippen LogP contribution is -2.05. The minimum Gasteiger partial charge on any atom is -0.496 e. The van der Waals surface area contributed by atoms with Crippen LogP contribution in [0.4, 0.5) is 0 Å². The Kier molecular flexibility index (Phi) is 4.38. The number of benzene rings is 1. The summed E-state index contributed by atoms with van der Waals surface area (Å²) in [6.07, 6.45) is 9.51. The van der Waals surface area contributed by atoms with Crippen LogP contribution in [0.2, 0.25) is 0 Å². The van der Waals surface area contributed by atoms with Crippen molar-refractivity contribution in [3.8, 4) is 11.3 Å². The lowest BCUT2D eigenvalue weighted by Gasteiger charge is -2.18. The zero-order chi connectivity index (χ0) is 15.4. The van der Waals surface area contributed by atoms with Crippen LogP contribution in [0, 0.1) is 0 Å². The summed E-state index contributed by atoms with van der Waals surface area (Å²) in [7, 11) is 1.75. The van der Waals surface area contributed by atoms with Gasteiger partial charge in [0.15, 0.2) is 0 Å². The average Bonchev–Trinajstić information content (AvgIpc) is 2.59. The van der Waals surface area contributed by atoms with E-state index in [-0.39, 0.29) is 0 Å². The minimum absolute atomic E-state index is 0.952. The number of rotatable bonds is 4. The Hall–Kier alpha value is -2.35. The van der Waals surface area contributed by atoms with Crippen molar-refractivity contribution < 1.29 is 4.74 Å². The van der Waals surface area contributed by atoms with E-state index >= 15 is 0 Å². The van der Waals surface area contributed by atoms with Gasteiger partial charge in [0, 0.05) is 11.1 Å². The van der Waals surface area contributed by atoms with Gasteiger partial charge in [-0.1, -0.05) is 43.3 Å². The van der Waals surface area contributed by atoms with E-state index in [1.165, 1.54) is 11.1 Å². The maximum atomic E-state index is 5.64. The van der Waals surface area contributed by atoms with Crippen LogP contribution in [0.3, 0.4) is 0 Å². The van der Waals surface area contributed by atoms with Crippen LogP contribution in [-0.4, -0.2) is 12.1 Å². The van der Waals surface area contributed by atoms with E-state index in [4.69, 9.17) is 9.72 Å². The number of aromatic nitrogens is 1. The highest BCUT2D eigenvalue weighted by molar-refractivity contribution is 5.74. The first-order valence-electron chi connectivity index (χ1n) is 7.84. The van der Waals surface area contributed by atoms with Gasteiger partial charge in [0.25, 0.3) is 0 Å². The van der Waals surface area contributed by atoms with Crippen molar-refractivity contribution in [1.82, 2.24) is 4.98 Å². The first-order chi connectivity index (χ1) is 10.8. The minimum atomic E-state index is 0.952. The predicted octanol–water partition coefficient (Wildman–Crippen LogP) is 5.11. The Morgan fingerprint density at radius 1 is 1.27 bits per heavy atom. The van der Waals surface area contributed by atoms with Gasteiger partial charge in [-0.3, -0.25) is 0 Å². The van der Waals surface area contributed by atoms with Crippen molar-refractivity contribution in [2.75, 3.05) is 7.11 Å². The van der Waals surface area contributed by atoms with E-state index < -0.39 is 0 Å². The van der Waals surface area contributed by atoms with E-state index in [1.807, 2.05) is 18.2 Å². The number of hydrogen-bond donors (Lipinski definition) is 0. The fourth-order valence-electron chi connectivity index (χ4n) is 2.88. The molecular weight excluding hydrogens is 270 g/mol. The number of allylic oxidation sites excluding steroid dienone is 2. The van der Waals surface area contributed by atoms with Crippen LogP contribution in [0.25, 0.3) is 23.1 Å². The summed E-state index contributed by atoms with van der Waals surface area (Å²) < 4.78 is 5.64. The van der Waals surface area contributed by atoms with Gasteiger partial charge in [0.2, 0.25) is 0 Å². The number of pyridine rings is 1. The lowest BCUT2D eigenvalue weighted by atomic mass is 9.93. The van der Waals surface area contributed by atoms with Crippen molar-refractivity contribution in [1.29, 1.82) is 0 Å². The summed E-state index contributed by atoms with van der Waals surface area (Å²) >= 11 is 0. The molecule has 0 unspecified atom stereocenters. The van der Waals surface area contributed by atoms with Gasteiger partial charge in [-0.2, -0.15) is 0 Å². The molecule has 0 saturated heterocycles. The first-order valence-corrected chi connectivity index (χ1v) is 7.84. The molecule has 1 aromatic heterocycles. The number of fused-ring (bicyclic) bond motifs is 1. The molecule has 0 aliphatic heterocycles. The zero-order valence-corrected chi connectivity index (χ0v) is 13.2. The molecule has 2 nitrogen and oxygen atoms in total. The van der Waals surface area contributed by atoms with Gasteiger partial charge in [-0.15, -0.1) is 0 Å². The van der Waals surface area contributed by atoms with Crippen molar-refractivity contribution in [2.24, 2.45) is 0 Å². The maximum absolute atomic E-state index is 5.64. The lowest BCUT2D eigenvalue weighted by molar-refractivity contribution is 0.368. The summed E-state index contributed by atoms with van der Waals surface area (Å²) in [5.74, 6) is 0.952. The number of methoxy groups -OCH3 is 1. The standard InChI is InChI=1S/C20H21NO/c1-3-9-20(22-2)17-14-19(15-10-5-4-6-11-15)21-18-13-8-7-12-16(17)18/h4-6,8-11,13-14H,3,7,12H2,1-2H3/b20-9-. The molecule has 1 aliphatic carbocycles. The van der Waals surface area contributed by atoms with E-state index in [0.29, 0.717) is 0 Å². The van der Waals surface area contributed by atoms with Gasteiger partial charge in [0.1, 0.15) is 5.76 Å². The van der Waals surface area contributed by atoms with Crippen LogP contribution in [0.5, 0.6) is 0 Å². The summed E-state index contributed by atoms with van der Waals surface area (Å²) in [5, 5.41) is 0. The molecule has 22 heavy (non-hydrogen) atoms. The highest BCUT2D eigenvalue weighted by Crippen LogP contribution is 2.31. The Morgan fingerprint density at radius 2 is 2.09 bits per heavy atom. The normalized spacial score (nSPS) is 13.8. The third kappa shape index (κ3) is 2.82. The molecule has 1 aromatic carbocycles. The van der Waals surface area contributed by atoms with Crippen molar-refractivity contribution in [3.05, 3.63) is 65.4 Å². The second-order valence-electron chi connectivity index (χ2n) is 5.41. The van der Waals surface area contributed by atoms with Crippen LogP contribution < -0.4 is 0 Å². The van der Waals surface area contributed by atoms with Crippen LogP contribution >= 0.6 is 0 Å². The molecular formula is C20H21NO. The molecule has 0 atom stereocenters. The number of ether oxygens (including phenoxy) is 1. The third-order valence-corrected chi connectivity index (χ3v) is 3.94. The molecule has 1 heterocycles. The Bertz CT molecular complexity index is 714. The van der Waals surface area contributed by atoms with Crippen LogP contribution in [-0.2, 0) is 11.2 Å². The highest BCUT2D eigenvalue weighted by Gasteiger charge is 2.17. The SMILES string of the molecule is CC/C=C(\OC)c1cc(-c2ccccc2)nc2c1CCC=C2. The molecule has 3 rings (SSSR count). The van der Waals surface area contributed by atoms with Gasteiger partial charge in [-0.05, 0) is 43.0 Å². The maximum Gasteiger partial charge on any atom is 0.122 e. The predicted molar refractivity (Wildman–Crippen MR) is 92.3 cm³/mol. The Balaban J connectivity index is 2.19. The summed E-state index contributed by atoms with van der Waals surface area (Å²) in [6.45, 7) is 2.13. The van der Waals surface area contributed by atoms with Crippen LogP contribution in [0.15, 0.2) is 48.6 Å². The second-order valence-corrected chi connectivity index (χ2v) is 5.41. The van der Waals surface area contributed by atoms with Gasteiger partial charge in [-0.25, -0.2) is 4.98 Å². The molecule has 0 saturated carbocycles. The van der Waals surface area contributed by atoms with E-state index in [2.05, 4.69) is 43.4 Å². The van der Waals surface area contributed by atoms with Crippen molar-refractivity contribution in [3.63, 3.8) is 0 Å². The number of hydrogen-bond acceptors (Lipinski definition) is 2. The van der Waals surface area contributed by atoms with Gasteiger partial charge >= 0.3 is 0 Å². The van der Waals surface area contributed by atoms with E-state index in [0.717, 1.165) is 42.0 Å².